The van der Waals surface area contributed by atoms with Gasteiger partial charge in [-0.25, -0.2) is 4.98 Å². The van der Waals surface area contributed by atoms with Crippen molar-refractivity contribution in [1.82, 2.24) is 19.1 Å². The van der Waals surface area contributed by atoms with Gasteiger partial charge in [0.05, 0.1) is 22.1 Å². The average molecular weight is 663 g/mol. The highest BCUT2D eigenvalue weighted by Crippen LogP contribution is 2.39. The van der Waals surface area contributed by atoms with Gasteiger partial charge in [-0.3, -0.25) is 9.55 Å². The lowest BCUT2D eigenvalue weighted by Crippen LogP contribution is -1.99. The smallest absolute Gasteiger partial charge is 0.145 e. The van der Waals surface area contributed by atoms with Crippen molar-refractivity contribution < 1.29 is 0 Å². The van der Waals surface area contributed by atoms with Gasteiger partial charge in [0.2, 0.25) is 0 Å². The SMILES string of the molecule is c1ccc2c(c1)nc(-c1ccncc1)n2-c1ccc(-n2c3ccccc3c3cc(-c4ccc5c6ccccc6c6ccccc6c5c4)ccc32)cc1. The van der Waals surface area contributed by atoms with Gasteiger partial charge >= 0.3 is 0 Å². The molecular formula is C48H30N4. The minimum absolute atomic E-state index is 0.899. The number of fused-ring (bicyclic) bond motifs is 10. The third-order valence-electron chi connectivity index (χ3n) is 10.6. The zero-order valence-electron chi connectivity index (χ0n) is 28.1. The number of rotatable bonds is 4. The van der Waals surface area contributed by atoms with Gasteiger partial charge < -0.3 is 4.57 Å². The molecule has 0 unspecified atom stereocenters. The number of benzene rings is 8. The minimum Gasteiger partial charge on any atom is -0.309 e. The van der Waals surface area contributed by atoms with Crippen molar-refractivity contribution in [3.8, 4) is 33.9 Å². The highest BCUT2D eigenvalue weighted by atomic mass is 15.1. The van der Waals surface area contributed by atoms with Crippen LogP contribution < -0.4 is 0 Å². The lowest BCUT2D eigenvalue weighted by Gasteiger charge is -2.13. The van der Waals surface area contributed by atoms with E-state index in [4.69, 9.17) is 4.98 Å². The fraction of sp³-hybridized carbons (Fsp3) is 0. The normalized spacial score (nSPS) is 11.8. The Balaban J connectivity index is 1.06. The summed E-state index contributed by atoms with van der Waals surface area (Å²) in [5, 5.41) is 10.2. The molecule has 0 radical (unpaired) electrons. The number of para-hydroxylation sites is 3. The molecule has 0 aliphatic heterocycles. The molecule has 4 nitrogen and oxygen atoms in total. The van der Waals surface area contributed by atoms with Crippen LogP contribution in [0.15, 0.2) is 182 Å². The monoisotopic (exact) mass is 662 g/mol. The first-order valence-corrected chi connectivity index (χ1v) is 17.7. The van der Waals surface area contributed by atoms with Crippen LogP contribution in [0.25, 0.3) is 99.0 Å². The van der Waals surface area contributed by atoms with Gasteiger partial charge in [0.15, 0.2) is 0 Å². The molecule has 8 aromatic carbocycles. The van der Waals surface area contributed by atoms with Gasteiger partial charge in [0.25, 0.3) is 0 Å². The van der Waals surface area contributed by atoms with Crippen LogP contribution in [-0.4, -0.2) is 19.1 Å². The molecule has 0 fully saturated rings. The maximum absolute atomic E-state index is 5.02. The third kappa shape index (κ3) is 4.28. The van der Waals surface area contributed by atoms with Crippen LogP contribution in [0.5, 0.6) is 0 Å². The second-order valence-corrected chi connectivity index (χ2v) is 13.4. The molecular weight excluding hydrogens is 633 g/mol. The number of nitrogens with zero attached hydrogens (tertiary/aromatic N) is 4. The zero-order chi connectivity index (χ0) is 34.2. The van der Waals surface area contributed by atoms with E-state index in [1.807, 2.05) is 30.6 Å². The van der Waals surface area contributed by atoms with Crippen LogP contribution in [-0.2, 0) is 0 Å². The van der Waals surface area contributed by atoms with Crippen molar-refractivity contribution in [2.24, 2.45) is 0 Å². The average Bonchev–Trinajstić information content (AvgIpc) is 3.77. The lowest BCUT2D eigenvalue weighted by molar-refractivity contribution is 1.09. The van der Waals surface area contributed by atoms with Crippen LogP contribution >= 0.6 is 0 Å². The van der Waals surface area contributed by atoms with Crippen molar-refractivity contribution in [3.05, 3.63) is 182 Å². The summed E-state index contributed by atoms with van der Waals surface area (Å²) < 4.78 is 4.62. The van der Waals surface area contributed by atoms with Gasteiger partial charge in [-0.05, 0) is 116 Å². The predicted molar refractivity (Wildman–Crippen MR) is 217 cm³/mol. The Morgan fingerprint density at radius 2 is 0.827 bits per heavy atom. The first-order valence-electron chi connectivity index (χ1n) is 17.7. The first-order chi connectivity index (χ1) is 25.8. The topological polar surface area (TPSA) is 35.6 Å². The van der Waals surface area contributed by atoms with Gasteiger partial charge in [-0.2, -0.15) is 0 Å². The predicted octanol–water partition coefficient (Wildman–Crippen LogP) is 12.3. The lowest BCUT2D eigenvalue weighted by atomic mass is 9.92. The molecule has 3 aromatic heterocycles. The number of pyridine rings is 1. The molecule has 0 aliphatic carbocycles. The third-order valence-corrected chi connectivity index (χ3v) is 10.6. The summed E-state index contributed by atoms with van der Waals surface area (Å²) in [4.78, 5) is 9.25. The highest BCUT2D eigenvalue weighted by molar-refractivity contribution is 6.25. The molecule has 0 bridgehead atoms. The Labute approximate surface area is 299 Å². The molecule has 242 valence electrons. The number of hydrogen-bond acceptors (Lipinski definition) is 2. The molecule has 0 amide bonds. The van der Waals surface area contributed by atoms with Crippen LogP contribution in [0.2, 0.25) is 0 Å². The Hall–Kier alpha value is -7.04. The Bertz CT molecular complexity index is 3130. The molecule has 0 N–H and O–H groups in total. The molecule has 11 rings (SSSR count). The summed E-state index contributed by atoms with van der Waals surface area (Å²) in [7, 11) is 0. The summed E-state index contributed by atoms with van der Waals surface area (Å²) in [5.74, 6) is 0.899. The maximum Gasteiger partial charge on any atom is 0.145 e. The summed E-state index contributed by atoms with van der Waals surface area (Å²) in [6, 6.07) is 61.3. The summed E-state index contributed by atoms with van der Waals surface area (Å²) in [6.07, 6.45) is 3.64. The standard InChI is InChI=1S/C48H30N4/c1-2-11-38-36(9-1)37-10-3-4-12-39(37)42-29-32(17-23-40(38)42)33-18-24-46-43(30-33)41-13-5-7-15-45(41)51(46)34-19-21-35(22-20-34)52-47-16-8-6-14-44(47)50-48(52)31-25-27-49-28-26-31/h1-30H. The van der Waals surface area contributed by atoms with Crippen LogP contribution in [0.4, 0.5) is 0 Å². The molecule has 0 saturated heterocycles. The molecule has 0 saturated carbocycles. The second-order valence-electron chi connectivity index (χ2n) is 13.4. The Morgan fingerprint density at radius 1 is 0.327 bits per heavy atom. The van der Waals surface area contributed by atoms with E-state index in [1.165, 1.54) is 65.3 Å². The van der Waals surface area contributed by atoms with Crippen LogP contribution in [0.3, 0.4) is 0 Å². The van der Waals surface area contributed by atoms with E-state index in [9.17, 15) is 0 Å². The van der Waals surface area contributed by atoms with E-state index in [0.717, 1.165) is 33.8 Å². The molecule has 4 heteroatoms. The van der Waals surface area contributed by atoms with Gasteiger partial charge in [-0.1, -0.05) is 97.1 Å². The van der Waals surface area contributed by atoms with Crippen molar-refractivity contribution >= 4 is 65.2 Å². The summed E-state index contributed by atoms with van der Waals surface area (Å²) >= 11 is 0. The summed E-state index contributed by atoms with van der Waals surface area (Å²) in [6.45, 7) is 0. The fourth-order valence-electron chi connectivity index (χ4n) is 8.25. The number of hydrogen-bond donors (Lipinski definition) is 0. The zero-order valence-corrected chi connectivity index (χ0v) is 28.1. The molecule has 0 spiro atoms. The van der Waals surface area contributed by atoms with Crippen molar-refractivity contribution in [3.63, 3.8) is 0 Å². The highest BCUT2D eigenvalue weighted by Gasteiger charge is 2.17. The van der Waals surface area contributed by atoms with E-state index < -0.39 is 0 Å². The van der Waals surface area contributed by atoms with Gasteiger partial charge in [0, 0.05) is 40.1 Å². The molecule has 0 atom stereocenters. The fourth-order valence-corrected chi connectivity index (χ4v) is 8.25. The molecule has 3 heterocycles. The van der Waals surface area contributed by atoms with E-state index >= 15 is 0 Å². The van der Waals surface area contributed by atoms with Crippen LogP contribution in [0.1, 0.15) is 0 Å². The Morgan fingerprint density at radius 3 is 1.52 bits per heavy atom. The number of aromatic nitrogens is 4. The molecule has 11 aromatic rings. The van der Waals surface area contributed by atoms with E-state index in [-0.39, 0.29) is 0 Å². The number of imidazole rings is 1. The van der Waals surface area contributed by atoms with Gasteiger partial charge in [0.1, 0.15) is 5.82 Å². The quantitative estimate of drug-likeness (QED) is 0.176. The Kier molecular flexibility index (Phi) is 6.22. The molecule has 0 aliphatic rings. The maximum atomic E-state index is 5.02. The second kappa shape index (κ2) is 11.2. The van der Waals surface area contributed by atoms with Crippen LogP contribution in [0, 0.1) is 0 Å². The summed E-state index contributed by atoms with van der Waals surface area (Å²) in [5.41, 5.74) is 10.0. The largest absolute Gasteiger partial charge is 0.309 e. The van der Waals surface area contributed by atoms with E-state index in [1.54, 1.807) is 0 Å². The van der Waals surface area contributed by atoms with E-state index in [0.29, 0.717) is 0 Å². The first kappa shape index (κ1) is 28.8. The van der Waals surface area contributed by atoms with Gasteiger partial charge in [-0.15, -0.1) is 0 Å². The van der Waals surface area contributed by atoms with Crippen molar-refractivity contribution in [2.45, 2.75) is 0 Å². The minimum atomic E-state index is 0.899. The van der Waals surface area contributed by atoms with E-state index in [2.05, 4.69) is 166 Å². The molecule has 52 heavy (non-hydrogen) atoms. The van der Waals surface area contributed by atoms with Crippen molar-refractivity contribution in [1.29, 1.82) is 0 Å². The van der Waals surface area contributed by atoms with Crippen molar-refractivity contribution in [2.75, 3.05) is 0 Å².